The molecule has 2 amide bonds. The summed E-state index contributed by atoms with van der Waals surface area (Å²) in [5, 5.41) is 2.95. The molecule has 2 aliphatic rings. The molecule has 136 valence electrons. The molecule has 2 fully saturated rings. The van der Waals surface area contributed by atoms with Gasteiger partial charge in [0.15, 0.2) is 0 Å². The number of amides is 2. The maximum Gasteiger partial charge on any atom is 0.407 e. The van der Waals surface area contributed by atoms with Crippen molar-refractivity contribution in [2.24, 2.45) is 0 Å². The van der Waals surface area contributed by atoms with Crippen molar-refractivity contribution in [2.75, 3.05) is 5.88 Å². The molecule has 5 nitrogen and oxygen atoms in total. The third-order valence-electron chi connectivity index (χ3n) is 4.97. The van der Waals surface area contributed by atoms with Crippen LogP contribution in [0.1, 0.15) is 44.1 Å². The fourth-order valence-electron chi connectivity index (χ4n) is 3.56. The second kappa shape index (κ2) is 8.56. The lowest BCUT2D eigenvalue weighted by atomic mass is 9.90. The van der Waals surface area contributed by atoms with Crippen molar-refractivity contribution in [3.05, 3.63) is 35.9 Å². The van der Waals surface area contributed by atoms with Crippen molar-refractivity contribution >= 4 is 23.6 Å². The molecule has 0 bridgehead atoms. The zero-order chi connectivity index (χ0) is 17.6. The first-order chi connectivity index (χ1) is 12.2. The molecule has 2 aliphatic carbocycles. The number of halogens is 1. The largest absolute Gasteiger partial charge is 0.445 e. The molecule has 1 N–H and O–H groups in total. The Morgan fingerprint density at radius 3 is 2.20 bits per heavy atom. The standard InChI is InChI=1S/C19H25ClN2O3/c20-12-18(23)22(17-10-11-17)16-8-6-15(7-9-16)21-19(24)25-13-14-4-2-1-3-5-14/h1-5,15-17H,6-13H2,(H,21,24). The molecule has 0 aromatic heterocycles. The van der Waals surface area contributed by atoms with Gasteiger partial charge in [-0.3, -0.25) is 4.79 Å². The summed E-state index contributed by atoms with van der Waals surface area (Å²) in [6.45, 7) is 0.279. The van der Waals surface area contributed by atoms with E-state index in [1.807, 2.05) is 35.2 Å². The fourth-order valence-corrected chi connectivity index (χ4v) is 3.69. The quantitative estimate of drug-likeness (QED) is 0.786. The smallest absolute Gasteiger partial charge is 0.407 e. The number of alkyl carbamates (subject to hydrolysis) is 1. The van der Waals surface area contributed by atoms with Gasteiger partial charge in [-0.2, -0.15) is 0 Å². The number of rotatable bonds is 6. The summed E-state index contributed by atoms with van der Waals surface area (Å²) in [4.78, 5) is 26.0. The van der Waals surface area contributed by atoms with E-state index in [4.69, 9.17) is 16.3 Å². The minimum absolute atomic E-state index is 0.0443. The molecule has 0 heterocycles. The fraction of sp³-hybridized carbons (Fsp3) is 0.579. The molecule has 2 saturated carbocycles. The highest BCUT2D eigenvalue weighted by atomic mass is 35.5. The highest BCUT2D eigenvalue weighted by molar-refractivity contribution is 6.27. The van der Waals surface area contributed by atoms with Gasteiger partial charge in [0.1, 0.15) is 12.5 Å². The zero-order valence-corrected chi connectivity index (χ0v) is 15.1. The SMILES string of the molecule is O=C(NC1CCC(N(C(=O)CCl)C2CC2)CC1)OCc1ccccc1. The van der Waals surface area contributed by atoms with E-state index in [1.54, 1.807) is 0 Å². The van der Waals surface area contributed by atoms with Gasteiger partial charge in [-0.05, 0) is 44.1 Å². The van der Waals surface area contributed by atoms with Crippen LogP contribution in [-0.2, 0) is 16.1 Å². The topological polar surface area (TPSA) is 58.6 Å². The predicted octanol–water partition coefficient (Wildman–Crippen LogP) is 3.45. The summed E-state index contributed by atoms with van der Waals surface area (Å²) in [5.74, 6) is 0.100. The summed E-state index contributed by atoms with van der Waals surface area (Å²) in [7, 11) is 0. The van der Waals surface area contributed by atoms with E-state index in [2.05, 4.69) is 5.32 Å². The Hall–Kier alpha value is -1.75. The van der Waals surface area contributed by atoms with E-state index in [0.717, 1.165) is 44.1 Å². The first-order valence-electron chi connectivity index (χ1n) is 9.01. The molecule has 0 atom stereocenters. The van der Waals surface area contributed by atoms with Crippen molar-refractivity contribution in [1.29, 1.82) is 0 Å². The molecule has 1 aromatic rings. The molecule has 0 spiro atoms. The number of hydrogen-bond donors (Lipinski definition) is 1. The molecule has 25 heavy (non-hydrogen) atoms. The minimum atomic E-state index is -0.372. The lowest BCUT2D eigenvalue weighted by molar-refractivity contribution is -0.132. The second-order valence-electron chi connectivity index (χ2n) is 6.88. The lowest BCUT2D eigenvalue weighted by Gasteiger charge is -2.37. The van der Waals surface area contributed by atoms with Gasteiger partial charge in [-0.15, -0.1) is 11.6 Å². The van der Waals surface area contributed by atoms with Crippen LogP contribution < -0.4 is 5.32 Å². The van der Waals surface area contributed by atoms with Crippen molar-refractivity contribution in [2.45, 2.75) is 63.3 Å². The molecular formula is C19H25ClN2O3. The molecule has 3 rings (SSSR count). The van der Waals surface area contributed by atoms with E-state index in [-0.39, 0.29) is 36.6 Å². The van der Waals surface area contributed by atoms with Gasteiger partial charge in [0.05, 0.1) is 0 Å². The number of hydrogen-bond acceptors (Lipinski definition) is 3. The van der Waals surface area contributed by atoms with Gasteiger partial charge >= 0.3 is 6.09 Å². The summed E-state index contributed by atoms with van der Waals surface area (Å²) in [6.07, 6.45) is 5.35. The van der Waals surface area contributed by atoms with Crippen molar-refractivity contribution < 1.29 is 14.3 Å². The van der Waals surface area contributed by atoms with Crippen LogP contribution in [0.2, 0.25) is 0 Å². The lowest BCUT2D eigenvalue weighted by Crippen LogP contribution is -2.47. The molecule has 6 heteroatoms. The van der Waals surface area contributed by atoms with Crippen LogP contribution in [0.4, 0.5) is 4.79 Å². The minimum Gasteiger partial charge on any atom is -0.445 e. The number of carbonyl (C=O) groups excluding carboxylic acids is 2. The maximum absolute atomic E-state index is 12.1. The van der Waals surface area contributed by atoms with Crippen molar-refractivity contribution in [1.82, 2.24) is 10.2 Å². The van der Waals surface area contributed by atoms with Gasteiger partial charge in [0.2, 0.25) is 5.91 Å². The third kappa shape index (κ3) is 5.11. The normalized spacial score (nSPS) is 22.9. The first-order valence-corrected chi connectivity index (χ1v) is 9.55. The first kappa shape index (κ1) is 18.1. The van der Waals surface area contributed by atoms with E-state index in [1.165, 1.54) is 0 Å². The van der Waals surface area contributed by atoms with E-state index in [0.29, 0.717) is 6.04 Å². The van der Waals surface area contributed by atoms with E-state index < -0.39 is 0 Å². The van der Waals surface area contributed by atoms with Gasteiger partial charge in [-0.1, -0.05) is 30.3 Å². The molecule has 0 saturated heterocycles. The van der Waals surface area contributed by atoms with Gasteiger partial charge in [-0.25, -0.2) is 4.79 Å². The zero-order valence-electron chi connectivity index (χ0n) is 14.3. The number of carbonyl (C=O) groups is 2. The number of alkyl halides is 1. The molecule has 0 unspecified atom stereocenters. The Kier molecular flexibility index (Phi) is 6.19. The van der Waals surface area contributed by atoms with Gasteiger partial charge in [0, 0.05) is 18.1 Å². The highest BCUT2D eigenvalue weighted by Gasteiger charge is 2.38. The molecule has 1 aromatic carbocycles. The summed E-state index contributed by atoms with van der Waals surface area (Å²) < 4.78 is 5.28. The Balaban J connectivity index is 1.41. The van der Waals surface area contributed by atoms with Crippen LogP contribution in [0.5, 0.6) is 0 Å². The second-order valence-corrected chi connectivity index (χ2v) is 7.14. The van der Waals surface area contributed by atoms with Gasteiger partial charge in [0.25, 0.3) is 0 Å². The maximum atomic E-state index is 12.1. The predicted molar refractivity (Wildman–Crippen MR) is 96.4 cm³/mol. The van der Waals surface area contributed by atoms with E-state index >= 15 is 0 Å². The summed E-state index contributed by atoms with van der Waals surface area (Å²) >= 11 is 5.76. The average Bonchev–Trinajstić information content (AvgIpc) is 3.47. The van der Waals surface area contributed by atoms with Crippen LogP contribution in [0.15, 0.2) is 30.3 Å². The van der Waals surface area contributed by atoms with Crippen LogP contribution >= 0.6 is 11.6 Å². The third-order valence-corrected chi connectivity index (χ3v) is 5.20. The number of ether oxygens (including phenoxy) is 1. The van der Waals surface area contributed by atoms with Crippen molar-refractivity contribution in [3.8, 4) is 0 Å². The Morgan fingerprint density at radius 2 is 1.64 bits per heavy atom. The molecule has 0 radical (unpaired) electrons. The van der Waals surface area contributed by atoms with Crippen LogP contribution in [-0.4, -0.2) is 40.9 Å². The Bertz CT molecular complexity index is 584. The van der Waals surface area contributed by atoms with Crippen molar-refractivity contribution in [3.63, 3.8) is 0 Å². The molecule has 0 aliphatic heterocycles. The van der Waals surface area contributed by atoms with E-state index in [9.17, 15) is 9.59 Å². The Labute approximate surface area is 153 Å². The average molecular weight is 365 g/mol. The highest BCUT2D eigenvalue weighted by Crippen LogP contribution is 2.34. The monoisotopic (exact) mass is 364 g/mol. The van der Waals surface area contributed by atoms with Crippen LogP contribution in [0.3, 0.4) is 0 Å². The summed E-state index contributed by atoms with van der Waals surface area (Å²) in [6, 6.07) is 10.4. The van der Waals surface area contributed by atoms with Crippen LogP contribution in [0, 0.1) is 0 Å². The molecular weight excluding hydrogens is 340 g/mol. The number of nitrogens with zero attached hydrogens (tertiary/aromatic N) is 1. The number of benzene rings is 1. The van der Waals surface area contributed by atoms with Gasteiger partial charge < -0.3 is 15.0 Å². The number of nitrogens with one attached hydrogen (secondary N) is 1. The summed E-state index contributed by atoms with van der Waals surface area (Å²) in [5.41, 5.74) is 0.973. The van der Waals surface area contributed by atoms with Crippen LogP contribution in [0.25, 0.3) is 0 Å². The Morgan fingerprint density at radius 1 is 1.04 bits per heavy atom.